The third-order valence-corrected chi connectivity index (χ3v) is 5.49. The van der Waals surface area contributed by atoms with Crippen LogP contribution in [0.5, 0.6) is 0 Å². The van der Waals surface area contributed by atoms with Crippen molar-refractivity contribution in [1.82, 2.24) is 5.32 Å². The Balaban J connectivity index is 2.30. The van der Waals surface area contributed by atoms with Crippen molar-refractivity contribution in [2.45, 2.75) is 5.37 Å². The van der Waals surface area contributed by atoms with E-state index in [1.54, 1.807) is 11.3 Å². The van der Waals surface area contributed by atoms with Crippen LogP contribution in [0.25, 0.3) is 0 Å². The van der Waals surface area contributed by atoms with E-state index in [0.29, 0.717) is 0 Å². The van der Waals surface area contributed by atoms with Gasteiger partial charge in [0.05, 0.1) is 4.24 Å². The van der Waals surface area contributed by atoms with Crippen molar-refractivity contribution in [3.8, 4) is 6.07 Å². The molecule has 82 valence electrons. The zero-order valence-corrected chi connectivity index (χ0v) is 10.8. The normalized spacial score (nSPS) is 20.5. The SMILES string of the molecule is CSC1=C(C#N)C(=O)NC(c2cccs2)S1. The summed E-state index contributed by atoms with van der Waals surface area (Å²) in [7, 11) is 0. The van der Waals surface area contributed by atoms with Gasteiger partial charge in [-0.1, -0.05) is 17.8 Å². The first-order chi connectivity index (χ1) is 7.76. The molecular formula is C10H8N2OS3. The summed E-state index contributed by atoms with van der Waals surface area (Å²) < 4.78 is 0.796. The first-order valence-electron chi connectivity index (χ1n) is 4.45. The first kappa shape index (κ1) is 11.6. The Kier molecular flexibility index (Phi) is 3.59. The van der Waals surface area contributed by atoms with E-state index in [0.717, 1.165) is 9.11 Å². The van der Waals surface area contributed by atoms with Crippen molar-refractivity contribution in [3.63, 3.8) is 0 Å². The maximum Gasteiger partial charge on any atom is 0.264 e. The summed E-state index contributed by atoms with van der Waals surface area (Å²) in [5, 5.41) is 13.6. The number of hydrogen-bond donors (Lipinski definition) is 1. The van der Waals surface area contributed by atoms with Crippen LogP contribution in [0.15, 0.2) is 27.3 Å². The molecule has 3 nitrogen and oxygen atoms in total. The fourth-order valence-corrected chi connectivity index (χ4v) is 4.11. The van der Waals surface area contributed by atoms with Crippen molar-refractivity contribution in [3.05, 3.63) is 32.2 Å². The average Bonchev–Trinajstić information content (AvgIpc) is 2.81. The van der Waals surface area contributed by atoms with Gasteiger partial charge in [-0.15, -0.1) is 23.1 Å². The molecule has 1 aliphatic heterocycles. The number of carbonyl (C=O) groups is 1. The predicted octanol–water partition coefficient (Wildman–Crippen LogP) is 2.71. The van der Waals surface area contributed by atoms with Gasteiger partial charge in [0.1, 0.15) is 17.0 Å². The van der Waals surface area contributed by atoms with Gasteiger partial charge < -0.3 is 5.32 Å². The molecule has 0 fully saturated rings. The Hall–Kier alpha value is -0.900. The molecule has 1 aromatic heterocycles. The lowest BCUT2D eigenvalue weighted by Crippen LogP contribution is -2.31. The second-order valence-corrected chi connectivity index (χ2v) is 6.13. The van der Waals surface area contributed by atoms with Crippen LogP contribution in [0.3, 0.4) is 0 Å². The Morgan fingerprint density at radius 3 is 3.00 bits per heavy atom. The molecule has 0 aromatic carbocycles. The summed E-state index contributed by atoms with van der Waals surface area (Å²) in [5.41, 5.74) is 0.227. The molecule has 1 aliphatic rings. The fourth-order valence-electron chi connectivity index (χ4n) is 1.30. The number of carbonyl (C=O) groups excluding carboxylic acids is 1. The number of hydrogen-bond acceptors (Lipinski definition) is 5. The minimum Gasteiger partial charge on any atom is -0.334 e. The van der Waals surface area contributed by atoms with Crippen LogP contribution in [0.2, 0.25) is 0 Å². The quantitative estimate of drug-likeness (QED) is 0.896. The minimum atomic E-state index is -0.274. The average molecular weight is 268 g/mol. The van der Waals surface area contributed by atoms with Crippen molar-refractivity contribution in [2.75, 3.05) is 6.26 Å². The number of nitrogens with zero attached hydrogens (tertiary/aromatic N) is 1. The summed E-state index contributed by atoms with van der Waals surface area (Å²) in [6.07, 6.45) is 1.88. The maximum atomic E-state index is 11.7. The van der Waals surface area contributed by atoms with Crippen LogP contribution in [0, 0.1) is 11.3 Å². The molecule has 1 unspecified atom stereocenters. The second kappa shape index (κ2) is 4.95. The van der Waals surface area contributed by atoms with Crippen molar-refractivity contribution in [2.24, 2.45) is 0 Å². The molecule has 16 heavy (non-hydrogen) atoms. The molecule has 1 amide bonds. The monoisotopic (exact) mass is 268 g/mol. The summed E-state index contributed by atoms with van der Waals surface area (Å²) >= 11 is 4.57. The largest absolute Gasteiger partial charge is 0.334 e. The number of nitrogens with one attached hydrogen (secondary N) is 1. The second-order valence-electron chi connectivity index (χ2n) is 2.97. The number of thiophene rings is 1. The molecule has 2 heterocycles. The van der Waals surface area contributed by atoms with E-state index in [2.05, 4.69) is 5.32 Å². The zero-order valence-electron chi connectivity index (χ0n) is 8.39. The Labute approximate surface area is 106 Å². The van der Waals surface area contributed by atoms with Gasteiger partial charge in [-0.2, -0.15) is 5.26 Å². The van der Waals surface area contributed by atoms with E-state index in [-0.39, 0.29) is 16.9 Å². The predicted molar refractivity (Wildman–Crippen MR) is 68.9 cm³/mol. The third-order valence-electron chi connectivity index (χ3n) is 2.02. The lowest BCUT2D eigenvalue weighted by Gasteiger charge is -2.23. The lowest BCUT2D eigenvalue weighted by atomic mass is 10.3. The van der Waals surface area contributed by atoms with E-state index < -0.39 is 0 Å². The van der Waals surface area contributed by atoms with Gasteiger partial charge in [0.15, 0.2) is 0 Å². The van der Waals surface area contributed by atoms with Gasteiger partial charge in [-0.3, -0.25) is 4.79 Å². The van der Waals surface area contributed by atoms with E-state index in [9.17, 15) is 4.79 Å². The third kappa shape index (κ3) is 2.12. The van der Waals surface area contributed by atoms with Crippen molar-refractivity contribution in [1.29, 1.82) is 5.26 Å². The number of thioether (sulfide) groups is 2. The molecular weight excluding hydrogens is 260 g/mol. The molecule has 1 atom stereocenters. The molecule has 1 aromatic rings. The van der Waals surface area contributed by atoms with Gasteiger partial charge in [0, 0.05) is 4.88 Å². The van der Waals surface area contributed by atoms with Gasteiger partial charge in [-0.05, 0) is 17.7 Å². The van der Waals surface area contributed by atoms with Crippen LogP contribution in [0.4, 0.5) is 0 Å². The van der Waals surface area contributed by atoms with Crippen LogP contribution in [-0.4, -0.2) is 12.2 Å². The molecule has 0 radical (unpaired) electrons. The zero-order chi connectivity index (χ0) is 11.5. The Morgan fingerprint density at radius 2 is 2.44 bits per heavy atom. The number of rotatable bonds is 2. The summed E-state index contributed by atoms with van der Waals surface area (Å²) in [6, 6.07) is 5.89. The van der Waals surface area contributed by atoms with Crippen LogP contribution >= 0.6 is 34.9 Å². The maximum absolute atomic E-state index is 11.7. The van der Waals surface area contributed by atoms with Crippen molar-refractivity contribution >= 4 is 40.8 Å². The van der Waals surface area contributed by atoms with E-state index in [4.69, 9.17) is 5.26 Å². The summed E-state index contributed by atoms with van der Waals surface area (Å²) in [4.78, 5) is 12.8. The van der Waals surface area contributed by atoms with E-state index in [1.807, 2.05) is 29.8 Å². The first-order valence-corrected chi connectivity index (χ1v) is 7.44. The van der Waals surface area contributed by atoms with Gasteiger partial charge >= 0.3 is 0 Å². The number of amides is 1. The van der Waals surface area contributed by atoms with Gasteiger partial charge in [-0.25, -0.2) is 0 Å². The van der Waals surface area contributed by atoms with Crippen LogP contribution < -0.4 is 5.32 Å². The summed E-state index contributed by atoms with van der Waals surface area (Å²) in [6.45, 7) is 0. The molecule has 2 rings (SSSR count). The fraction of sp³-hybridized carbons (Fsp3) is 0.200. The Bertz CT molecular complexity index is 473. The standard InChI is InChI=1S/C10H8N2OS3/c1-14-10-6(5-11)8(13)12-9(16-10)7-3-2-4-15-7/h2-4,9H,1H3,(H,12,13). The highest BCUT2D eigenvalue weighted by Crippen LogP contribution is 2.43. The highest BCUT2D eigenvalue weighted by atomic mass is 32.2. The van der Waals surface area contributed by atoms with E-state index >= 15 is 0 Å². The number of nitriles is 1. The molecule has 0 saturated carbocycles. The smallest absolute Gasteiger partial charge is 0.264 e. The van der Waals surface area contributed by atoms with Crippen LogP contribution in [-0.2, 0) is 4.79 Å². The lowest BCUT2D eigenvalue weighted by molar-refractivity contribution is -0.117. The van der Waals surface area contributed by atoms with Gasteiger partial charge in [0.25, 0.3) is 5.91 Å². The van der Waals surface area contributed by atoms with Crippen molar-refractivity contribution < 1.29 is 4.79 Å². The minimum absolute atomic E-state index is 0.0629. The Morgan fingerprint density at radius 1 is 1.62 bits per heavy atom. The topological polar surface area (TPSA) is 52.9 Å². The summed E-state index contributed by atoms with van der Waals surface area (Å²) in [5.74, 6) is -0.274. The molecule has 6 heteroatoms. The van der Waals surface area contributed by atoms with Gasteiger partial charge in [0.2, 0.25) is 0 Å². The molecule has 0 bridgehead atoms. The van der Waals surface area contributed by atoms with E-state index in [1.165, 1.54) is 23.5 Å². The molecule has 0 spiro atoms. The highest BCUT2D eigenvalue weighted by Gasteiger charge is 2.28. The highest BCUT2D eigenvalue weighted by molar-refractivity contribution is 8.22. The van der Waals surface area contributed by atoms with Crippen LogP contribution in [0.1, 0.15) is 10.3 Å². The molecule has 1 N–H and O–H groups in total. The molecule has 0 saturated heterocycles. The molecule has 0 aliphatic carbocycles.